The number of piperidine rings is 1. The van der Waals surface area contributed by atoms with Gasteiger partial charge in [-0.1, -0.05) is 18.2 Å². The number of para-hydroxylation sites is 1. The molecule has 3 aromatic heterocycles. The smallest absolute Gasteiger partial charge is 0.229 e. The Labute approximate surface area is 172 Å². The molecule has 9 nitrogen and oxygen atoms in total. The minimum atomic E-state index is -0.130. The van der Waals surface area contributed by atoms with Crippen LogP contribution in [-0.2, 0) is 4.79 Å². The fourth-order valence-electron chi connectivity index (χ4n) is 3.74. The van der Waals surface area contributed by atoms with Crippen LogP contribution in [0.25, 0.3) is 16.7 Å². The Kier molecular flexibility index (Phi) is 4.76. The third kappa shape index (κ3) is 3.69. The topological polar surface area (TPSA) is 102 Å². The van der Waals surface area contributed by atoms with E-state index in [0.717, 1.165) is 36.1 Å². The third-order valence-electron chi connectivity index (χ3n) is 5.27. The summed E-state index contributed by atoms with van der Waals surface area (Å²) in [6, 6.07) is 11.7. The average Bonchev–Trinajstić information content (AvgIpc) is 3.34. The lowest BCUT2D eigenvalue weighted by molar-refractivity contribution is -0.120. The van der Waals surface area contributed by atoms with Gasteiger partial charge in [-0.15, -0.1) is 0 Å². The van der Waals surface area contributed by atoms with Crippen LogP contribution >= 0.6 is 0 Å². The summed E-state index contributed by atoms with van der Waals surface area (Å²) >= 11 is 0. The molecule has 30 heavy (non-hydrogen) atoms. The highest BCUT2D eigenvalue weighted by Crippen LogP contribution is 2.24. The van der Waals surface area contributed by atoms with Crippen molar-refractivity contribution in [2.75, 3.05) is 23.3 Å². The fourth-order valence-corrected chi connectivity index (χ4v) is 3.74. The number of aromatic nitrogens is 6. The quantitative estimate of drug-likeness (QED) is 0.561. The summed E-state index contributed by atoms with van der Waals surface area (Å²) in [7, 11) is 0. The lowest BCUT2D eigenvalue weighted by atomic mass is 9.97. The predicted octanol–water partition coefficient (Wildman–Crippen LogP) is 2.46. The molecule has 5 rings (SSSR count). The summed E-state index contributed by atoms with van der Waals surface area (Å²) in [5.41, 5.74) is 1.62. The average molecular weight is 400 g/mol. The molecule has 1 amide bonds. The second-order valence-corrected chi connectivity index (χ2v) is 7.27. The number of hydrogen-bond acceptors (Lipinski definition) is 7. The van der Waals surface area contributed by atoms with Crippen molar-refractivity contribution in [3.8, 4) is 5.82 Å². The van der Waals surface area contributed by atoms with E-state index in [4.69, 9.17) is 0 Å². The molecule has 1 N–H and O–H groups in total. The monoisotopic (exact) mass is 400 g/mol. The summed E-state index contributed by atoms with van der Waals surface area (Å²) in [6.45, 7) is 1.44. The van der Waals surface area contributed by atoms with Gasteiger partial charge < -0.3 is 10.2 Å². The van der Waals surface area contributed by atoms with Crippen molar-refractivity contribution in [2.24, 2.45) is 5.92 Å². The maximum Gasteiger partial charge on any atom is 0.229 e. The number of fused-ring (bicyclic) bond motifs is 1. The first-order valence-electron chi connectivity index (χ1n) is 9.84. The molecule has 0 aliphatic carbocycles. The van der Waals surface area contributed by atoms with Crippen LogP contribution in [0.4, 0.5) is 11.5 Å². The van der Waals surface area contributed by atoms with Crippen molar-refractivity contribution >= 4 is 28.3 Å². The van der Waals surface area contributed by atoms with Crippen LogP contribution in [0.5, 0.6) is 0 Å². The van der Waals surface area contributed by atoms with Crippen LogP contribution in [0, 0.1) is 5.92 Å². The van der Waals surface area contributed by atoms with Crippen molar-refractivity contribution in [3.05, 3.63) is 61.6 Å². The minimum Gasteiger partial charge on any atom is -0.356 e. The zero-order valence-corrected chi connectivity index (χ0v) is 16.2. The number of hydrogen-bond donors (Lipinski definition) is 1. The maximum absolute atomic E-state index is 12.9. The summed E-state index contributed by atoms with van der Waals surface area (Å²) < 4.78 is 1.59. The maximum atomic E-state index is 12.9. The minimum absolute atomic E-state index is 0.00216. The van der Waals surface area contributed by atoms with Gasteiger partial charge in [-0.3, -0.25) is 9.78 Å². The van der Waals surface area contributed by atoms with Crippen LogP contribution in [-0.4, -0.2) is 48.7 Å². The van der Waals surface area contributed by atoms with Crippen LogP contribution < -0.4 is 10.2 Å². The van der Waals surface area contributed by atoms with Crippen LogP contribution in [0.2, 0.25) is 0 Å². The van der Waals surface area contributed by atoms with Gasteiger partial charge in [-0.2, -0.15) is 5.10 Å². The number of carbonyl (C=O) groups excluding carboxylic acids is 1. The Bertz CT molecular complexity index is 1180. The van der Waals surface area contributed by atoms with Crippen LogP contribution in [0.15, 0.2) is 61.6 Å². The number of anilines is 2. The van der Waals surface area contributed by atoms with E-state index in [0.29, 0.717) is 18.1 Å². The summed E-state index contributed by atoms with van der Waals surface area (Å²) in [6.07, 6.45) is 8.02. The number of amides is 1. The molecule has 0 saturated carbocycles. The first-order chi connectivity index (χ1) is 14.8. The second-order valence-electron chi connectivity index (χ2n) is 7.27. The highest BCUT2D eigenvalue weighted by molar-refractivity contribution is 5.94. The van der Waals surface area contributed by atoms with Gasteiger partial charge >= 0.3 is 0 Å². The van der Waals surface area contributed by atoms with E-state index in [1.807, 2.05) is 36.4 Å². The Morgan fingerprint density at radius 2 is 1.97 bits per heavy atom. The van der Waals surface area contributed by atoms with Gasteiger partial charge in [0.25, 0.3) is 0 Å². The lowest BCUT2D eigenvalue weighted by Crippen LogP contribution is -2.41. The van der Waals surface area contributed by atoms with Gasteiger partial charge in [0.2, 0.25) is 5.91 Å². The fraction of sp³-hybridized carbons (Fsp3) is 0.238. The van der Waals surface area contributed by atoms with E-state index in [-0.39, 0.29) is 11.8 Å². The summed E-state index contributed by atoms with van der Waals surface area (Å²) in [5.74, 6) is 1.30. The first-order valence-corrected chi connectivity index (χ1v) is 9.84. The molecule has 0 radical (unpaired) electrons. The van der Waals surface area contributed by atoms with Gasteiger partial charge in [-0.25, -0.2) is 19.6 Å². The molecule has 1 fully saturated rings. The molecule has 1 unspecified atom stereocenters. The second kappa shape index (κ2) is 7.86. The molecule has 1 aromatic carbocycles. The number of nitrogens with zero attached hydrogens (tertiary/aromatic N) is 7. The molecule has 150 valence electrons. The normalized spacial score (nSPS) is 16.5. The van der Waals surface area contributed by atoms with Gasteiger partial charge in [0.15, 0.2) is 5.82 Å². The van der Waals surface area contributed by atoms with Gasteiger partial charge in [0.05, 0.1) is 23.3 Å². The zero-order chi connectivity index (χ0) is 20.3. The van der Waals surface area contributed by atoms with E-state index in [9.17, 15) is 4.79 Å². The van der Waals surface area contributed by atoms with E-state index >= 15 is 0 Å². The number of rotatable bonds is 4. The third-order valence-corrected chi connectivity index (χ3v) is 5.27. The molecule has 0 bridgehead atoms. The highest BCUT2D eigenvalue weighted by atomic mass is 16.1. The number of pyridine rings is 1. The standard InChI is InChI=1S/C21H20N8O/c30-21(27-17-8-15-4-1-2-6-18(15)23-10-17)16-5-3-7-28(11-16)19-9-20(25-13-24-19)29-14-22-12-26-29/h1-2,4,6,8-10,12-14,16H,3,5,7,11H2,(H,27,30). The van der Waals surface area contributed by atoms with Crippen molar-refractivity contribution in [1.29, 1.82) is 0 Å². The van der Waals surface area contributed by atoms with E-state index in [2.05, 4.69) is 35.3 Å². The van der Waals surface area contributed by atoms with Gasteiger partial charge in [0, 0.05) is 24.5 Å². The lowest BCUT2D eigenvalue weighted by Gasteiger charge is -2.32. The Morgan fingerprint density at radius 1 is 1.07 bits per heavy atom. The molecular formula is C21H20N8O. The summed E-state index contributed by atoms with van der Waals surface area (Å²) in [5, 5.41) is 8.14. The Morgan fingerprint density at radius 3 is 2.87 bits per heavy atom. The molecule has 4 aromatic rings. The number of nitrogens with one attached hydrogen (secondary N) is 1. The molecule has 1 saturated heterocycles. The van der Waals surface area contributed by atoms with E-state index in [1.54, 1.807) is 17.2 Å². The molecule has 1 aliphatic heterocycles. The molecule has 0 spiro atoms. The van der Waals surface area contributed by atoms with Crippen molar-refractivity contribution in [1.82, 2.24) is 29.7 Å². The predicted molar refractivity (Wildman–Crippen MR) is 112 cm³/mol. The molecule has 9 heteroatoms. The molecule has 1 aliphatic rings. The molecule has 1 atom stereocenters. The summed E-state index contributed by atoms with van der Waals surface area (Å²) in [4.78, 5) is 32.1. The van der Waals surface area contributed by atoms with Crippen molar-refractivity contribution in [2.45, 2.75) is 12.8 Å². The van der Waals surface area contributed by atoms with Crippen molar-refractivity contribution < 1.29 is 4.79 Å². The molecule has 4 heterocycles. The number of carbonyl (C=O) groups is 1. The highest BCUT2D eigenvalue weighted by Gasteiger charge is 2.27. The van der Waals surface area contributed by atoms with Crippen LogP contribution in [0.1, 0.15) is 12.8 Å². The Hall–Kier alpha value is -3.88. The van der Waals surface area contributed by atoms with Gasteiger partial charge in [0.1, 0.15) is 24.8 Å². The van der Waals surface area contributed by atoms with Gasteiger partial charge in [-0.05, 0) is 25.0 Å². The zero-order valence-electron chi connectivity index (χ0n) is 16.2. The number of benzene rings is 1. The first kappa shape index (κ1) is 18.2. The van der Waals surface area contributed by atoms with Crippen molar-refractivity contribution in [3.63, 3.8) is 0 Å². The molecular weight excluding hydrogens is 380 g/mol. The van der Waals surface area contributed by atoms with E-state index < -0.39 is 0 Å². The van der Waals surface area contributed by atoms with E-state index in [1.165, 1.54) is 12.7 Å². The van der Waals surface area contributed by atoms with Crippen LogP contribution in [0.3, 0.4) is 0 Å². The SMILES string of the molecule is O=C(Nc1cnc2ccccc2c1)C1CCCN(c2cc(-n3cncn3)ncn2)C1. The largest absolute Gasteiger partial charge is 0.356 e. The Balaban J connectivity index is 1.30.